The summed E-state index contributed by atoms with van der Waals surface area (Å²) < 4.78 is 1.77. The zero-order valence-corrected chi connectivity index (χ0v) is 19.3. The molecule has 2 N–H and O–H groups in total. The van der Waals surface area contributed by atoms with Crippen molar-refractivity contribution in [3.63, 3.8) is 0 Å². The predicted molar refractivity (Wildman–Crippen MR) is 125 cm³/mol. The van der Waals surface area contributed by atoms with Crippen LogP contribution in [-0.2, 0) is 0 Å². The molecule has 0 spiro atoms. The van der Waals surface area contributed by atoms with Crippen LogP contribution in [0.15, 0.2) is 47.8 Å². The van der Waals surface area contributed by atoms with Crippen LogP contribution in [0.4, 0.5) is 0 Å². The van der Waals surface area contributed by atoms with Gasteiger partial charge in [-0.2, -0.15) is 5.10 Å². The standard InChI is InChI=1S/C24H32N4OS/c1-5-27(6-2)14-8-11-19(4)25-24(29)22-17-21(23-13-9-15-30-23)26-28(22)20-12-7-10-18(3)16-20/h7,9-10,12-13,15-17,19H,5-6,8,11,14H2,1-4H3,(H,25,29)/p+1/t19-/m0/s1. The average molecular weight is 426 g/mol. The highest BCUT2D eigenvalue weighted by molar-refractivity contribution is 7.13. The second-order valence-corrected chi connectivity index (χ2v) is 8.81. The van der Waals surface area contributed by atoms with Gasteiger partial charge >= 0.3 is 0 Å². The summed E-state index contributed by atoms with van der Waals surface area (Å²) in [6, 6.07) is 14.2. The molecule has 30 heavy (non-hydrogen) atoms. The smallest absolute Gasteiger partial charge is 0.270 e. The zero-order chi connectivity index (χ0) is 21.5. The lowest BCUT2D eigenvalue weighted by molar-refractivity contribution is -0.896. The molecule has 0 radical (unpaired) electrons. The van der Waals surface area contributed by atoms with Crippen LogP contribution in [0.5, 0.6) is 0 Å². The van der Waals surface area contributed by atoms with E-state index in [9.17, 15) is 4.79 Å². The average Bonchev–Trinajstić information content (AvgIpc) is 3.41. The summed E-state index contributed by atoms with van der Waals surface area (Å²) in [5, 5.41) is 9.98. The van der Waals surface area contributed by atoms with Gasteiger partial charge in [0.05, 0.1) is 30.2 Å². The fourth-order valence-corrected chi connectivity index (χ4v) is 4.36. The Balaban J connectivity index is 1.77. The van der Waals surface area contributed by atoms with E-state index in [1.165, 1.54) is 0 Å². The summed E-state index contributed by atoms with van der Waals surface area (Å²) in [6.45, 7) is 12.0. The van der Waals surface area contributed by atoms with Crippen molar-refractivity contribution < 1.29 is 9.69 Å². The number of thiophene rings is 1. The van der Waals surface area contributed by atoms with Crippen LogP contribution in [0.1, 0.15) is 49.7 Å². The molecule has 5 nitrogen and oxygen atoms in total. The van der Waals surface area contributed by atoms with Gasteiger partial charge in [-0.15, -0.1) is 11.3 Å². The number of carbonyl (C=O) groups excluding carboxylic acids is 1. The van der Waals surface area contributed by atoms with Crippen LogP contribution >= 0.6 is 11.3 Å². The number of hydrogen-bond acceptors (Lipinski definition) is 3. The molecule has 3 aromatic rings. The first-order valence-corrected chi connectivity index (χ1v) is 11.7. The Kier molecular flexibility index (Phi) is 7.82. The number of quaternary nitrogens is 1. The third-order valence-corrected chi connectivity index (χ3v) is 6.40. The SMILES string of the molecule is CC[NH+](CC)CCC[C@H](C)NC(=O)c1cc(-c2cccs2)nn1-c1cccc(C)c1. The molecule has 0 fully saturated rings. The van der Waals surface area contributed by atoms with E-state index in [0.717, 1.165) is 54.3 Å². The normalized spacial score (nSPS) is 12.3. The van der Waals surface area contributed by atoms with Crippen molar-refractivity contribution in [1.29, 1.82) is 0 Å². The van der Waals surface area contributed by atoms with E-state index in [0.29, 0.717) is 5.69 Å². The summed E-state index contributed by atoms with van der Waals surface area (Å²) in [4.78, 5) is 15.8. The van der Waals surface area contributed by atoms with Gasteiger partial charge in [-0.1, -0.05) is 18.2 Å². The fraction of sp³-hybridized carbons (Fsp3) is 0.417. The van der Waals surface area contributed by atoms with E-state index in [1.54, 1.807) is 20.9 Å². The summed E-state index contributed by atoms with van der Waals surface area (Å²) >= 11 is 1.63. The number of aromatic nitrogens is 2. The van der Waals surface area contributed by atoms with Crippen molar-refractivity contribution in [3.8, 4) is 16.3 Å². The van der Waals surface area contributed by atoms with Crippen molar-refractivity contribution in [2.24, 2.45) is 0 Å². The molecule has 2 heterocycles. The van der Waals surface area contributed by atoms with Crippen molar-refractivity contribution >= 4 is 17.2 Å². The highest BCUT2D eigenvalue weighted by atomic mass is 32.1. The molecule has 0 saturated heterocycles. The molecule has 1 amide bonds. The second kappa shape index (κ2) is 10.5. The van der Waals surface area contributed by atoms with Gasteiger partial charge in [-0.05, 0) is 75.7 Å². The van der Waals surface area contributed by atoms with Crippen LogP contribution in [0.25, 0.3) is 16.3 Å². The first-order valence-electron chi connectivity index (χ1n) is 10.9. The minimum atomic E-state index is -0.0745. The molecular weight excluding hydrogens is 392 g/mol. The zero-order valence-electron chi connectivity index (χ0n) is 18.4. The van der Waals surface area contributed by atoms with Crippen molar-refractivity contribution in [1.82, 2.24) is 15.1 Å². The third kappa shape index (κ3) is 5.58. The quantitative estimate of drug-likeness (QED) is 0.520. The predicted octanol–water partition coefficient (Wildman–Crippen LogP) is 3.73. The first-order chi connectivity index (χ1) is 14.5. The second-order valence-electron chi connectivity index (χ2n) is 7.87. The molecule has 0 saturated carbocycles. The maximum atomic E-state index is 13.2. The fourth-order valence-electron chi connectivity index (χ4n) is 3.68. The van der Waals surface area contributed by atoms with Crippen molar-refractivity contribution in [2.45, 2.75) is 46.6 Å². The van der Waals surface area contributed by atoms with E-state index in [1.807, 2.05) is 48.7 Å². The molecule has 1 atom stereocenters. The summed E-state index contributed by atoms with van der Waals surface area (Å²) in [5.41, 5.74) is 3.44. The Labute approximate surface area is 183 Å². The van der Waals surface area contributed by atoms with Crippen LogP contribution in [0, 0.1) is 6.92 Å². The lowest BCUT2D eigenvalue weighted by atomic mass is 10.1. The van der Waals surface area contributed by atoms with E-state index < -0.39 is 0 Å². The first kappa shape index (κ1) is 22.2. The van der Waals surface area contributed by atoms with Crippen LogP contribution in [0.3, 0.4) is 0 Å². The molecule has 0 bridgehead atoms. The summed E-state index contributed by atoms with van der Waals surface area (Å²) in [5.74, 6) is -0.0745. The van der Waals surface area contributed by atoms with Gasteiger partial charge in [-0.3, -0.25) is 4.79 Å². The molecule has 6 heteroatoms. The summed E-state index contributed by atoms with van der Waals surface area (Å²) in [7, 11) is 0. The summed E-state index contributed by atoms with van der Waals surface area (Å²) in [6.07, 6.45) is 2.08. The van der Waals surface area contributed by atoms with E-state index in [2.05, 4.69) is 32.2 Å². The lowest BCUT2D eigenvalue weighted by Gasteiger charge is -2.18. The Hall–Kier alpha value is -2.44. The number of benzene rings is 1. The number of hydrogen-bond donors (Lipinski definition) is 2. The Morgan fingerprint density at radius 2 is 2.00 bits per heavy atom. The van der Waals surface area contributed by atoms with Crippen LogP contribution < -0.4 is 10.2 Å². The maximum absolute atomic E-state index is 13.2. The number of aryl methyl sites for hydroxylation is 1. The molecule has 2 aromatic heterocycles. The van der Waals surface area contributed by atoms with Gasteiger partial charge in [0, 0.05) is 6.04 Å². The number of nitrogens with one attached hydrogen (secondary N) is 2. The third-order valence-electron chi connectivity index (χ3n) is 5.51. The molecule has 0 unspecified atom stereocenters. The van der Waals surface area contributed by atoms with Crippen molar-refractivity contribution in [3.05, 3.63) is 59.1 Å². The maximum Gasteiger partial charge on any atom is 0.270 e. The van der Waals surface area contributed by atoms with Gasteiger partial charge in [-0.25, -0.2) is 4.68 Å². The van der Waals surface area contributed by atoms with E-state index in [-0.39, 0.29) is 11.9 Å². The highest BCUT2D eigenvalue weighted by Gasteiger charge is 2.20. The monoisotopic (exact) mass is 425 g/mol. The minimum absolute atomic E-state index is 0.0745. The van der Waals surface area contributed by atoms with E-state index >= 15 is 0 Å². The minimum Gasteiger partial charge on any atom is -0.348 e. The molecule has 3 rings (SSSR count). The Morgan fingerprint density at radius 3 is 2.67 bits per heavy atom. The molecule has 160 valence electrons. The van der Waals surface area contributed by atoms with Gasteiger partial charge in [0.2, 0.25) is 0 Å². The van der Waals surface area contributed by atoms with Crippen LogP contribution in [0.2, 0.25) is 0 Å². The topological polar surface area (TPSA) is 51.4 Å². The molecule has 0 aliphatic rings. The largest absolute Gasteiger partial charge is 0.348 e. The molecule has 0 aliphatic heterocycles. The Morgan fingerprint density at radius 1 is 1.20 bits per heavy atom. The van der Waals surface area contributed by atoms with Crippen LogP contribution in [-0.4, -0.2) is 41.4 Å². The number of amides is 1. The van der Waals surface area contributed by atoms with Gasteiger partial charge in [0.15, 0.2) is 0 Å². The van der Waals surface area contributed by atoms with Gasteiger partial charge < -0.3 is 10.2 Å². The van der Waals surface area contributed by atoms with Crippen molar-refractivity contribution in [2.75, 3.05) is 19.6 Å². The Bertz CT molecular complexity index is 944. The number of nitrogens with zero attached hydrogens (tertiary/aromatic N) is 2. The lowest BCUT2D eigenvalue weighted by Crippen LogP contribution is -3.11. The molecule has 1 aromatic carbocycles. The van der Waals surface area contributed by atoms with Gasteiger partial charge in [0.25, 0.3) is 5.91 Å². The van der Waals surface area contributed by atoms with Gasteiger partial charge in [0.1, 0.15) is 11.4 Å². The molecule has 0 aliphatic carbocycles. The van der Waals surface area contributed by atoms with E-state index in [4.69, 9.17) is 5.10 Å². The number of rotatable bonds is 10. The molecular formula is C24H33N4OS+. The highest BCUT2D eigenvalue weighted by Crippen LogP contribution is 2.26. The number of carbonyl (C=O) groups is 1.